The third-order valence-corrected chi connectivity index (χ3v) is 8.62. The molecule has 0 N–H and O–H groups in total. The van der Waals surface area contributed by atoms with Crippen molar-refractivity contribution in [1.29, 1.82) is 0 Å². The number of thiophene rings is 1. The summed E-state index contributed by atoms with van der Waals surface area (Å²) in [7, 11) is 0. The van der Waals surface area contributed by atoms with Crippen molar-refractivity contribution in [2.24, 2.45) is 0 Å². The van der Waals surface area contributed by atoms with Gasteiger partial charge >= 0.3 is 0 Å². The van der Waals surface area contributed by atoms with E-state index in [1.807, 2.05) is 20.0 Å². The largest absolute Gasteiger partial charge is 0.378 e. The van der Waals surface area contributed by atoms with Crippen LogP contribution in [0.15, 0.2) is 17.8 Å². The Hall–Kier alpha value is -2.60. The highest BCUT2D eigenvalue weighted by molar-refractivity contribution is 7.17. The highest BCUT2D eigenvalue weighted by atomic mass is 32.1. The molecule has 0 aliphatic carbocycles. The molecule has 0 atom stereocenters. The summed E-state index contributed by atoms with van der Waals surface area (Å²) in [6.45, 7) is 14.1. The molecule has 184 valence electrons. The molecule has 2 fully saturated rings. The number of morpholine rings is 1. The highest BCUT2D eigenvalue weighted by Crippen LogP contribution is 2.33. The van der Waals surface area contributed by atoms with E-state index in [1.165, 1.54) is 10.4 Å². The average Bonchev–Trinajstić information content (AvgIpc) is 3.58. The van der Waals surface area contributed by atoms with Crippen LogP contribution in [0.4, 0.5) is 11.1 Å². The lowest BCUT2D eigenvalue weighted by molar-refractivity contribution is 0.122. The standard InChI is InChI=1S/C24H30N8OS2/c1-16-13-32(18(3)26-16)22-21-20(27-23(28-22)30-8-10-33-11-9-30)19(15-34-21)14-29-4-6-31(7-5-29)24-25-12-17(2)35-24/h12-13,15H,4-11,14H2,1-3H3. The first-order chi connectivity index (χ1) is 17.0. The molecule has 0 spiro atoms. The van der Waals surface area contributed by atoms with Crippen molar-refractivity contribution >= 4 is 44.0 Å². The number of hydrogen-bond donors (Lipinski definition) is 0. The van der Waals surface area contributed by atoms with Crippen LogP contribution in [-0.4, -0.2) is 81.9 Å². The Morgan fingerprint density at radius 1 is 0.943 bits per heavy atom. The Morgan fingerprint density at radius 2 is 1.74 bits per heavy atom. The molecule has 11 heteroatoms. The van der Waals surface area contributed by atoms with Crippen molar-refractivity contribution in [3.63, 3.8) is 0 Å². The fourth-order valence-corrected chi connectivity index (χ4v) is 6.57. The molecule has 4 aromatic rings. The smallest absolute Gasteiger partial charge is 0.228 e. The van der Waals surface area contributed by atoms with Gasteiger partial charge in [-0.3, -0.25) is 9.47 Å². The van der Waals surface area contributed by atoms with Crippen molar-refractivity contribution in [1.82, 2.24) is 29.4 Å². The van der Waals surface area contributed by atoms with Crippen LogP contribution in [0, 0.1) is 20.8 Å². The highest BCUT2D eigenvalue weighted by Gasteiger charge is 2.24. The van der Waals surface area contributed by atoms with E-state index >= 15 is 0 Å². The summed E-state index contributed by atoms with van der Waals surface area (Å²) in [6, 6.07) is 0. The van der Waals surface area contributed by atoms with Crippen LogP contribution in [0.25, 0.3) is 16.0 Å². The zero-order chi connectivity index (χ0) is 23.9. The van der Waals surface area contributed by atoms with Gasteiger partial charge < -0.3 is 14.5 Å². The van der Waals surface area contributed by atoms with E-state index < -0.39 is 0 Å². The number of thiazole rings is 1. The molecule has 2 saturated heterocycles. The first-order valence-corrected chi connectivity index (χ1v) is 13.8. The predicted molar refractivity (Wildman–Crippen MR) is 141 cm³/mol. The van der Waals surface area contributed by atoms with E-state index in [0.717, 1.165) is 84.4 Å². The molecule has 6 rings (SSSR count). The van der Waals surface area contributed by atoms with Gasteiger partial charge in [0.2, 0.25) is 5.95 Å². The Labute approximate surface area is 213 Å². The second-order valence-electron chi connectivity index (χ2n) is 9.20. The van der Waals surface area contributed by atoms with E-state index in [0.29, 0.717) is 13.2 Å². The molecule has 2 aliphatic heterocycles. The first-order valence-electron chi connectivity index (χ1n) is 12.1. The van der Waals surface area contributed by atoms with Crippen LogP contribution in [0.2, 0.25) is 0 Å². The average molecular weight is 511 g/mol. The van der Waals surface area contributed by atoms with Crippen molar-refractivity contribution in [3.8, 4) is 5.82 Å². The lowest BCUT2D eigenvalue weighted by Crippen LogP contribution is -2.45. The van der Waals surface area contributed by atoms with Crippen LogP contribution >= 0.6 is 22.7 Å². The third kappa shape index (κ3) is 4.53. The predicted octanol–water partition coefficient (Wildman–Crippen LogP) is 3.42. The Morgan fingerprint density at radius 3 is 2.43 bits per heavy atom. The number of imidazole rings is 1. The maximum Gasteiger partial charge on any atom is 0.228 e. The Bertz CT molecular complexity index is 1330. The number of nitrogens with zero attached hydrogens (tertiary/aromatic N) is 8. The Kier molecular flexibility index (Phi) is 6.17. The second kappa shape index (κ2) is 9.45. The number of aromatic nitrogens is 5. The molecule has 35 heavy (non-hydrogen) atoms. The number of aryl methyl sites for hydroxylation is 3. The summed E-state index contributed by atoms with van der Waals surface area (Å²) >= 11 is 3.52. The van der Waals surface area contributed by atoms with E-state index in [4.69, 9.17) is 14.7 Å². The lowest BCUT2D eigenvalue weighted by atomic mass is 10.2. The molecule has 0 aromatic carbocycles. The third-order valence-electron chi connectivity index (χ3n) is 6.63. The SMILES string of the molecule is Cc1cn(-c2nc(N3CCOCC3)nc3c(CN4CCN(c5ncc(C)s5)CC4)csc23)c(C)n1. The zero-order valence-electron chi connectivity index (χ0n) is 20.4. The van der Waals surface area contributed by atoms with Crippen molar-refractivity contribution in [3.05, 3.63) is 39.7 Å². The molecule has 0 radical (unpaired) electrons. The molecule has 2 aliphatic rings. The van der Waals surface area contributed by atoms with E-state index in [-0.39, 0.29) is 0 Å². The first kappa shape index (κ1) is 22.8. The van der Waals surface area contributed by atoms with Gasteiger partial charge in [-0.15, -0.1) is 22.7 Å². The number of rotatable bonds is 5. The number of piperazine rings is 1. The quantitative estimate of drug-likeness (QED) is 0.404. The summed E-state index contributed by atoms with van der Waals surface area (Å²) in [4.78, 5) is 27.8. The fourth-order valence-electron chi connectivity index (χ4n) is 4.78. The summed E-state index contributed by atoms with van der Waals surface area (Å²) in [5.41, 5.74) is 3.33. The van der Waals surface area contributed by atoms with Gasteiger partial charge in [-0.2, -0.15) is 4.98 Å². The van der Waals surface area contributed by atoms with Crippen molar-refractivity contribution < 1.29 is 4.74 Å². The number of hydrogen-bond acceptors (Lipinski definition) is 10. The molecule has 0 unspecified atom stereocenters. The van der Waals surface area contributed by atoms with E-state index in [2.05, 4.69) is 47.7 Å². The van der Waals surface area contributed by atoms with Gasteiger partial charge in [0, 0.05) is 68.6 Å². The minimum atomic E-state index is 0.708. The summed E-state index contributed by atoms with van der Waals surface area (Å²) in [5.74, 6) is 2.65. The van der Waals surface area contributed by atoms with Gasteiger partial charge in [0.1, 0.15) is 5.82 Å². The van der Waals surface area contributed by atoms with Crippen LogP contribution in [0.1, 0.15) is 22.0 Å². The van der Waals surface area contributed by atoms with Gasteiger partial charge in [-0.05, 0) is 26.2 Å². The summed E-state index contributed by atoms with van der Waals surface area (Å²) in [5, 5.41) is 3.41. The van der Waals surface area contributed by atoms with E-state index in [9.17, 15) is 0 Å². The molecule has 4 aromatic heterocycles. The van der Waals surface area contributed by atoms with Gasteiger partial charge in [-0.25, -0.2) is 15.0 Å². The molecule has 0 saturated carbocycles. The number of anilines is 2. The zero-order valence-corrected chi connectivity index (χ0v) is 22.0. The minimum absolute atomic E-state index is 0.708. The molecule has 9 nitrogen and oxygen atoms in total. The van der Waals surface area contributed by atoms with Crippen LogP contribution < -0.4 is 9.80 Å². The maximum atomic E-state index is 5.57. The molecular formula is C24H30N8OS2. The summed E-state index contributed by atoms with van der Waals surface area (Å²) < 4.78 is 8.80. The van der Waals surface area contributed by atoms with Crippen LogP contribution in [0.3, 0.4) is 0 Å². The summed E-state index contributed by atoms with van der Waals surface area (Å²) in [6.07, 6.45) is 4.04. The van der Waals surface area contributed by atoms with Crippen LogP contribution in [-0.2, 0) is 11.3 Å². The lowest BCUT2D eigenvalue weighted by Gasteiger charge is -2.34. The molecule has 6 heterocycles. The van der Waals surface area contributed by atoms with Gasteiger partial charge in [0.25, 0.3) is 0 Å². The fraction of sp³-hybridized carbons (Fsp3) is 0.500. The van der Waals surface area contributed by atoms with Gasteiger partial charge in [0.05, 0.1) is 29.1 Å². The van der Waals surface area contributed by atoms with Crippen molar-refractivity contribution in [2.75, 3.05) is 62.3 Å². The minimum Gasteiger partial charge on any atom is -0.378 e. The molecule has 0 amide bonds. The normalized spacial score (nSPS) is 17.6. The Balaban J connectivity index is 1.30. The van der Waals surface area contributed by atoms with E-state index in [1.54, 1.807) is 22.7 Å². The molecular weight excluding hydrogens is 480 g/mol. The maximum absolute atomic E-state index is 5.57. The van der Waals surface area contributed by atoms with Crippen molar-refractivity contribution in [2.45, 2.75) is 27.3 Å². The number of ether oxygens (including phenoxy) is 1. The monoisotopic (exact) mass is 510 g/mol. The van der Waals surface area contributed by atoms with Gasteiger partial charge in [-0.1, -0.05) is 0 Å². The second-order valence-corrected chi connectivity index (χ2v) is 11.3. The van der Waals surface area contributed by atoms with Crippen LogP contribution in [0.5, 0.6) is 0 Å². The topological polar surface area (TPSA) is 75.4 Å². The number of fused-ring (bicyclic) bond motifs is 1. The molecule has 0 bridgehead atoms. The van der Waals surface area contributed by atoms with Gasteiger partial charge in [0.15, 0.2) is 10.9 Å².